The van der Waals surface area contributed by atoms with E-state index in [1.54, 1.807) is 19.9 Å². The summed E-state index contributed by atoms with van der Waals surface area (Å²) in [6, 6.07) is 4.47. The molecule has 0 aliphatic rings. The molecular formula is C11H11BrF2O. The first-order valence-corrected chi connectivity index (χ1v) is 5.42. The van der Waals surface area contributed by atoms with Gasteiger partial charge in [0, 0.05) is 11.1 Å². The minimum Gasteiger partial charge on any atom is -0.293 e. The number of benzene rings is 1. The fourth-order valence-corrected chi connectivity index (χ4v) is 1.55. The van der Waals surface area contributed by atoms with Gasteiger partial charge in [-0.25, -0.2) is 8.78 Å². The fraction of sp³-hybridized carbons (Fsp3) is 0.364. The number of alkyl halides is 3. The van der Waals surface area contributed by atoms with E-state index in [9.17, 15) is 13.6 Å². The van der Waals surface area contributed by atoms with Crippen molar-refractivity contribution in [3.05, 3.63) is 34.9 Å². The number of ketones is 1. The highest BCUT2D eigenvalue weighted by molar-refractivity contribution is 9.10. The molecule has 0 spiro atoms. The molecule has 15 heavy (non-hydrogen) atoms. The summed E-state index contributed by atoms with van der Waals surface area (Å²) in [5.74, 6) is -0.315. The molecule has 0 heterocycles. The molecule has 4 heteroatoms. The van der Waals surface area contributed by atoms with Crippen molar-refractivity contribution in [1.82, 2.24) is 0 Å². The zero-order valence-electron chi connectivity index (χ0n) is 8.43. The van der Waals surface area contributed by atoms with Gasteiger partial charge in [-0.2, -0.15) is 0 Å². The van der Waals surface area contributed by atoms with Crippen LogP contribution in [0.25, 0.3) is 0 Å². The van der Waals surface area contributed by atoms with E-state index in [0.717, 1.165) is 5.56 Å². The van der Waals surface area contributed by atoms with Crippen LogP contribution in [0.15, 0.2) is 18.2 Å². The Bertz CT molecular complexity index is 375. The summed E-state index contributed by atoms with van der Waals surface area (Å²) in [4.78, 5) is 11.2. The Balaban J connectivity index is 3.23. The lowest BCUT2D eigenvalue weighted by molar-refractivity contribution is 0.0982. The monoisotopic (exact) mass is 276 g/mol. The third-order valence-electron chi connectivity index (χ3n) is 2.07. The van der Waals surface area contributed by atoms with Gasteiger partial charge in [0.15, 0.2) is 5.78 Å². The molecule has 0 fully saturated rings. The van der Waals surface area contributed by atoms with Crippen LogP contribution < -0.4 is 0 Å². The first kappa shape index (κ1) is 12.3. The third kappa shape index (κ3) is 2.84. The van der Waals surface area contributed by atoms with Crippen molar-refractivity contribution in [3.8, 4) is 0 Å². The van der Waals surface area contributed by atoms with Gasteiger partial charge in [-0.3, -0.25) is 4.79 Å². The SMILES string of the molecule is Cc1ccc(C(=O)C(C)Br)c(C(F)F)c1. The van der Waals surface area contributed by atoms with Gasteiger partial charge >= 0.3 is 0 Å². The van der Waals surface area contributed by atoms with E-state index in [2.05, 4.69) is 15.9 Å². The standard InChI is InChI=1S/C11H11BrF2O/c1-6-3-4-8(10(15)7(2)12)9(5-6)11(13)14/h3-5,7,11H,1-2H3. The molecular weight excluding hydrogens is 266 g/mol. The minimum atomic E-state index is -2.62. The van der Waals surface area contributed by atoms with E-state index in [1.165, 1.54) is 12.1 Å². The van der Waals surface area contributed by atoms with Crippen molar-refractivity contribution in [2.24, 2.45) is 0 Å². The molecule has 1 rings (SSSR count). The second-order valence-corrected chi connectivity index (χ2v) is 4.75. The molecule has 0 amide bonds. The second kappa shape index (κ2) is 4.84. The molecule has 0 N–H and O–H groups in total. The number of halogens is 3. The largest absolute Gasteiger partial charge is 0.293 e. The molecule has 0 aromatic heterocycles. The van der Waals surface area contributed by atoms with Crippen LogP contribution in [0.1, 0.15) is 34.8 Å². The number of hydrogen-bond acceptors (Lipinski definition) is 1. The third-order valence-corrected chi connectivity index (χ3v) is 2.48. The van der Waals surface area contributed by atoms with Crippen LogP contribution in [0.2, 0.25) is 0 Å². The van der Waals surface area contributed by atoms with Crippen molar-refractivity contribution >= 4 is 21.7 Å². The minimum absolute atomic E-state index is 0.0972. The van der Waals surface area contributed by atoms with Gasteiger partial charge < -0.3 is 0 Å². The van der Waals surface area contributed by atoms with Gasteiger partial charge in [0.1, 0.15) is 0 Å². The summed E-state index contributed by atoms with van der Waals surface area (Å²) in [5, 5.41) is 0. The van der Waals surface area contributed by atoms with Crippen LogP contribution in [0.5, 0.6) is 0 Å². The topological polar surface area (TPSA) is 17.1 Å². The maximum absolute atomic E-state index is 12.7. The molecule has 0 radical (unpaired) electrons. The Labute approximate surface area is 95.6 Å². The van der Waals surface area contributed by atoms with Crippen LogP contribution >= 0.6 is 15.9 Å². The van der Waals surface area contributed by atoms with Crippen LogP contribution in [0, 0.1) is 6.92 Å². The van der Waals surface area contributed by atoms with Crippen LogP contribution in [-0.2, 0) is 0 Å². The maximum atomic E-state index is 12.7. The van der Waals surface area contributed by atoms with Crippen LogP contribution in [-0.4, -0.2) is 10.6 Å². The molecule has 0 saturated carbocycles. The Hall–Kier alpha value is -0.770. The molecule has 0 aliphatic heterocycles. The zero-order chi connectivity index (χ0) is 11.6. The highest BCUT2D eigenvalue weighted by Gasteiger charge is 2.20. The molecule has 1 atom stereocenters. The van der Waals surface area contributed by atoms with Gasteiger partial charge in [-0.1, -0.05) is 33.6 Å². The van der Waals surface area contributed by atoms with Crippen molar-refractivity contribution in [1.29, 1.82) is 0 Å². The molecule has 1 nitrogen and oxygen atoms in total. The summed E-state index contributed by atoms with van der Waals surface area (Å²) in [6.07, 6.45) is -2.62. The predicted octanol–water partition coefficient (Wildman–Crippen LogP) is 3.90. The fourth-order valence-electron chi connectivity index (χ4n) is 1.30. The van der Waals surface area contributed by atoms with Gasteiger partial charge in [0.25, 0.3) is 6.43 Å². The lowest BCUT2D eigenvalue weighted by Crippen LogP contribution is -2.13. The summed E-state index contributed by atoms with van der Waals surface area (Å²) in [6.45, 7) is 3.34. The average Bonchev–Trinajstić information content (AvgIpc) is 2.16. The number of aryl methyl sites for hydroxylation is 1. The Kier molecular flexibility index (Phi) is 3.97. The second-order valence-electron chi connectivity index (χ2n) is 3.37. The normalized spacial score (nSPS) is 12.9. The quantitative estimate of drug-likeness (QED) is 0.605. The number of Topliss-reactive ketones (excluding diaryl/α,β-unsaturated/α-hetero) is 1. The lowest BCUT2D eigenvalue weighted by atomic mass is 10.00. The Morgan fingerprint density at radius 2 is 2.00 bits per heavy atom. The van der Waals surface area contributed by atoms with Gasteiger partial charge in [0.2, 0.25) is 0 Å². The van der Waals surface area contributed by atoms with E-state index in [4.69, 9.17) is 0 Å². The zero-order valence-corrected chi connectivity index (χ0v) is 10.0. The van der Waals surface area contributed by atoms with Crippen molar-refractivity contribution in [3.63, 3.8) is 0 Å². The molecule has 0 saturated heterocycles. The van der Waals surface area contributed by atoms with E-state index in [1.807, 2.05) is 0 Å². The predicted molar refractivity (Wildman–Crippen MR) is 58.9 cm³/mol. The van der Waals surface area contributed by atoms with Gasteiger partial charge in [-0.05, 0) is 19.9 Å². The van der Waals surface area contributed by atoms with E-state index in [-0.39, 0.29) is 16.9 Å². The summed E-state index contributed by atoms with van der Waals surface area (Å²) in [7, 11) is 0. The van der Waals surface area contributed by atoms with Gasteiger partial charge in [-0.15, -0.1) is 0 Å². The molecule has 0 bridgehead atoms. The average molecular weight is 277 g/mol. The van der Waals surface area contributed by atoms with Crippen LogP contribution in [0.3, 0.4) is 0 Å². The summed E-state index contributed by atoms with van der Waals surface area (Å²) < 4.78 is 25.3. The number of hydrogen-bond donors (Lipinski definition) is 0. The van der Waals surface area contributed by atoms with E-state index >= 15 is 0 Å². The number of rotatable bonds is 3. The van der Waals surface area contributed by atoms with Crippen molar-refractivity contribution in [2.45, 2.75) is 25.1 Å². The number of carbonyl (C=O) groups excluding carboxylic acids is 1. The smallest absolute Gasteiger partial charge is 0.264 e. The van der Waals surface area contributed by atoms with E-state index < -0.39 is 11.3 Å². The summed E-state index contributed by atoms with van der Waals surface area (Å²) in [5.41, 5.74) is 0.635. The first-order chi connectivity index (χ1) is 6.93. The van der Waals surface area contributed by atoms with Gasteiger partial charge in [0.05, 0.1) is 4.83 Å². The first-order valence-electron chi connectivity index (χ1n) is 4.50. The molecule has 0 aliphatic carbocycles. The molecule has 1 aromatic carbocycles. The molecule has 82 valence electrons. The van der Waals surface area contributed by atoms with Crippen LogP contribution in [0.4, 0.5) is 8.78 Å². The van der Waals surface area contributed by atoms with Crippen molar-refractivity contribution < 1.29 is 13.6 Å². The number of carbonyl (C=O) groups is 1. The summed E-state index contributed by atoms with van der Waals surface area (Å²) >= 11 is 3.08. The lowest BCUT2D eigenvalue weighted by Gasteiger charge is -2.10. The molecule has 1 unspecified atom stereocenters. The Morgan fingerprint density at radius 3 is 2.47 bits per heavy atom. The highest BCUT2D eigenvalue weighted by Crippen LogP contribution is 2.26. The highest BCUT2D eigenvalue weighted by atomic mass is 79.9. The Morgan fingerprint density at radius 1 is 1.40 bits per heavy atom. The molecule has 1 aromatic rings. The maximum Gasteiger partial charge on any atom is 0.264 e. The van der Waals surface area contributed by atoms with Crippen molar-refractivity contribution in [2.75, 3.05) is 0 Å². The van der Waals surface area contributed by atoms with E-state index in [0.29, 0.717) is 0 Å².